The van der Waals surface area contributed by atoms with Gasteiger partial charge in [-0.05, 0) is 50.4 Å². The van der Waals surface area contributed by atoms with Gasteiger partial charge in [0, 0.05) is 0 Å². The van der Waals surface area contributed by atoms with Crippen LogP contribution < -0.4 is 0 Å². The molecule has 1 spiro atoms. The molecule has 20 heavy (non-hydrogen) atoms. The fourth-order valence-corrected chi connectivity index (χ4v) is 3.97. The molecule has 3 heteroatoms. The smallest absolute Gasteiger partial charge is 0.341 e. The highest BCUT2D eigenvalue weighted by Crippen LogP contribution is 2.61. The van der Waals surface area contributed by atoms with Crippen molar-refractivity contribution in [1.29, 1.82) is 0 Å². The van der Waals surface area contributed by atoms with Gasteiger partial charge in [-0.25, -0.2) is 4.79 Å². The molecule has 1 atom stereocenters. The number of carbonyl (C=O) groups is 1. The molecule has 1 unspecified atom stereocenters. The minimum absolute atomic E-state index is 0.129. The van der Waals surface area contributed by atoms with Crippen LogP contribution in [0.5, 0.6) is 0 Å². The first-order chi connectivity index (χ1) is 9.31. The molecule has 0 amide bonds. The van der Waals surface area contributed by atoms with Crippen molar-refractivity contribution >= 4 is 5.97 Å². The van der Waals surface area contributed by atoms with Gasteiger partial charge in [0.1, 0.15) is 5.60 Å². The zero-order chi connectivity index (χ0) is 15.0. The minimum Gasteiger partial charge on any atom is -0.464 e. The normalized spacial score (nSPS) is 37.0. The van der Waals surface area contributed by atoms with E-state index in [0.29, 0.717) is 12.0 Å². The summed E-state index contributed by atoms with van der Waals surface area (Å²) in [6, 6.07) is 0. The highest BCUT2D eigenvalue weighted by atomic mass is 16.7. The predicted octanol–water partition coefficient (Wildman–Crippen LogP) is 4.09. The summed E-state index contributed by atoms with van der Waals surface area (Å²) in [5.74, 6) is 0.606. The third-order valence-corrected chi connectivity index (χ3v) is 5.29. The summed E-state index contributed by atoms with van der Waals surface area (Å²) in [7, 11) is 0. The molecule has 2 fully saturated rings. The van der Waals surface area contributed by atoms with Gasteiger partial charge in [0.25, 0.3) is 0 Å². The van der Waals surface area contributed by atoms with Crippen LogP contribution in [0.4, 0.5) is 0 Å². The monoisotopic (exact) mass is 282 g/mol. The van der Waals surface area contributed by atoms with E-state index in [9.17, 15) is 4.79 Å². The molecule has 1 aliphatic heterocycles. The predicted molar refractivity (Wildman–Crippen MR) is 79.5 cm³/mol. The van der Waals surface area contributed by atoms with E-state index in [0.717, 1.165) is 44.4 Å². The lowest BCUT2D eigenvalue weighted by Crippen LogP contribution is -2.39. The van der Waals surface area contributed by atoms with E-state index >= 15 is 0 Å². The molecule has 2 rings (SSSR count). The van der Waals surface area contributed by atoms with Gasteiger partial charge in [0.2, 0.25) is 0 Å². The third kappa shape index (κ3) is 2.49. The van der Waals surface area contributed by atoms with Crippen LogP contribution in [0.15, 0.2) is 0 Å². The molecule has 3 nitrogen and oxygen atoms in total. The molecule has 0 radical (unpaired) electrons. The van der Waals surface area contributed by atoms with Gasteiger partial charge in [0.05, 0.1) is 6.61 Å². The zero-order valence-electron chi connectivity index (χ0n) is 13.8. The fraction of sp³-hybridized carbons (Fsp3) is 0.941. The summed E-state index contributed by atoms with van der Waals surface area (Å²) in [4.78, 5) is 12.3. The van der Waals surface area contributed by atoms with Gasteiger partial charge in [-0.1, -0.05) is 34.1 Å². The Morgan fingerprint density at radius 2 is 1.85 bits per heavy atom. The van der Waals surface area contributed by atoms with E-state index < -0.39 is 5.60 Å². The van der Waals surface area contributed by atoms with Crippen molar-refractivity contribution in [3.63, 3.8) is 0 Å². The van der Waals surface area contributed by atoms with Crippen molar-refractivity contribution in [3.05, 3.63) is 0 Å². The SMILES string of the molecule is CCCC1(C(=O)OCC)OC12CCC(C(C)(C)C)CC2. The molecule has 0 bridgehead atoms. The second-order valence-corrected chi connectivity index (χ2v) is 7.53. The first kappa shape index (κ1) is 15.8. The quantitative estimate of drug-likeness (QED) is 0.576. The maximum absolute atomic E-state index is 12.3. The van der Waals surface area contributed by atoms with E-state index in [2.05, 4.69) is 27.7 Å². The van der Waals surface area contributed by atoms with Crippen LogP contribution >= 0.6 is 0 Å². The summed E-state index contributed by atoms with van der Waals surface area (Å²) in [5.41, 5.74) is -0.481. The molecule has 0 aromatic rings. The number of carbonyl (C=O) groups excluding carboxylic acids is 1. The van der Waals surface area contributed by atoms with Crippen LogP contribution in [0.2, 0.25) is 0 Å². The largest absolute Gasteiger partial charge is 0.464 e. The van der Waals surface area contributed by atoms with Crippen molar-refractivity contribution in [2.45, 2.75) is 84.3 Å². The molecule has 1 aliphatic carbocycles. The van der Waals surface area contributed by atoms with Crippen molar-refractivity contribution < 1.29 is 14.3 Å². The van der Waals surface area contributed by atoms with Gasteiger partial charge in [-0.2, -0.15) is 0 Å². The molecule has 1 saturated heterocycles. The molecule has 0 aromatic carbocycles. The third-order valence-electron chi connectivity index (χ3n) is 5.29. The molecule has 0 aromatic heterocycles. The number of ether oxygens (including phenoxy) is 2. The summed E-state index contributed by atoms with van der Waals surface area (Å²) in [6.45, 7) is 11.4. The molecule has 1 heterocycles. The maximum Gasteiger partial charge on any atom is 0.341 e. The van der Waals surface area contributed by atoms with Crippen molar-refractivity contribution in [3.8, 4) is 0 Å². The van der Waals surface area contributed by atoms with Crippen LogP contribution in [0.1, 0.15) is 73.1 Å². The molecular weight excluding hydrogens is 252 g/mol. The molecular formula is C17H30O3. The summed E-state index contributed by atoms with van der Waals surface area (Å²) < 4.78 is 11.4. The van der Waals surface area contributed by atoms with E-state index in [4.69, 9.17) is 9.47 Å². The van der Waals surface area contributed by atoms with Crippen LogP contribution in [0.25, 0.3) is 0 Å². The first-order valence-electron chi connectivity index (χ1n) is 8.19. The van der Waals surface area contributed by atoms with Gasteiger partial charge < -0.3 is 9.47 Å². The van der Waals surface area contributed by atoms with Crippen molar-refractivity contribution in [1.82, 2.24) is 0 Å². The van der Waals surface area contributed by atoms with Gasteiger partial charge in [-0.3, -0.25) is 0 Å². The second-order valence-electron chi connectivity index (χ2n) is 7.53. The maximum atomic E-state index is 12.3. The Balaban J connectivity index is 2.05. The van der Waals surface area contributed by atoms with Crippen molar-refractivity contribution in [2.24, 2.45) is 11.3 Å². The highest BCUT2D eigenvalue weighted by Gasteiger charge is 2.74. The zero-order valence-corrected chi connectivity index (χ0v) is 13.8. The first-order valence-corrected chi connectivity index (χ1v) is 8.19. The summed E-state index contributed by atoms with van der Waals surface area (Å²) in [5, 5.41) is 0. The summed E-state index contributed by atoms with van der Waals surface area (Å²) in [6.07, 6.45) is 6.10. The minimum atomic E-state index is -0.624. The number of rotatable bonds is 4. The number of esters is 1. The average molecular weight is 282 g/mol. The molecule has 2 aliphatic rings. The molecule has 1 saturated carbocycles. The number of epoxide rings is 1. The average Bonchev–Trinajstić information content (AvgIpc) is 2.97. The second kappa shape index (κ2) is 5.32. The standard InChI is InChI=1S/C17H30O3/c1-6-10-17(14(18)19-7-2)16(20-17)11-8-13(9-12-16)15(3,4)5/h13H,6-12H2,1-5H3. The molecule has 0 N–H and O–H groups in total. The number of hydrogen-bond donors (Lipinski definition) is 0. The Labute approximate surface area is 123 Å². The summed E-state index contributed by atoms with van der Waals surface area (Å²) >= 11 is 0. The Kier molecular flexibility index (Phi) is 4.21. The van der Waals surface area contributed by atoms with E-state index in [1.165, 1.54) is 0 Å². The van der Waals surface area contributed by atoms with E-state index in [-0.39, 0.29) is 11.6 Å². The Morgan fingerprint density at radius 3 is 2.30 bits per heavy atom. The fourth-order valence-electron chi connectivity index (χ4n) is 3.97. The van der Waals surface area contributed by atoms with Crippen LogP contribution in [-0.2, 0) is 14.3 Å². The lowest BCUT2D eigenvalue weighted by atomic mass is 9.67. The number of hydrogen-bond acceptors (Lipinski definition) is 3. The Morgan fingerprint density at radius 1 is 1.25 bits per heavy atom. The van der Waals surface area contributed by atoms with Crippen LogP contribution in [0.3, 0.4) is 0 Å². The molecule has 116 valence electrons. The topological polar surface area (TPSA) is 38.8 Å². The van der Waals surface area contributed by atoms with Crippen LogP contribution in [-0.4, -0.2) is 23.8 Å². The van der Waals surface area contributed by atoms with Gasteiger partial charge in [0.15, 0.2) is 5.60 Å². The Bertz CT molecular complexity index is 361. The van der Waals surface area contributed by atoms with Crippen molar-refractivity contribution in [2.75, 3.05) is 6.61 Å². The van der Waals surface area contributed by atoms with Gasteiger partial charge >= 0.3 is 5.97 Å². The highest BCUT2D eigenvalue weighted by molar-refractivity contribution is 5.85. The lowest BCUT2D eigenvalue weighted by Gasteiger charge is -2.37. The lowest BCUT2D eigenvalue weighted by molar-refractivity contribution is -0.150. The van der Waals surface area contributed by atoms with Crippen LogP contribution in [0, 0.1) is 11.3 Å². The van der Waals surface area contributed by atoms with Gasteiger partial charge in [-0.15, -0.1) is 0 Å². The van der Waals surface area contributed by atoms with E-state index in [1.54, 1.807) is 0 Å². The van der Waals surface area contributed by atoms with E-state index in [1.807, 2.05) is 6.92 Å². The Hall–Kier alpha value is -0.570.